The van der Waals surface area contributed by atoms with Crippen molar-refractivity contribution in [3.05, 3.63) is 59.7 Å². The maximum atomic E-state index is 12.2. The molecular weight excluding hydrogens is 314 g/mol. The summed E-state index contributed by atoms with van der Waals surface area (Å²) >= 11 is 0. The number of nitrogens with two attached hydrogens (primary N) is 1. The molecule has 2 unspecified atom stereocenters. The number of carbonyl (C=O) groups excluding carboxylic acids is 2. The second-order valence-electron chi connectivity index (χ2n) is 6.63. The van der Waals surface area contributed by atoms with E-state index in [1.165, 1.54) is 0 Å². The van der Waals surface area contributed by atoms with Crippen LogP contribution in [0.2, 0.25) is 0 Å². The highest BCUT2D eigenvalue weighted by Gasteiger charge is 2.39. The van der Waals surface area contributed by atoms with Gasteiger partial charge in [-0.3, -0.25) is 9.59 Å². The van der Waals surface area contributed by atoms with Crippen molar-refractivity contribution in [1.29, 1.82) is 0 Å². The van der Waals surface area contributed by atoms with Crippen LogP contribution in [0, 0.1) is 11.8 Å². The fourth-order valence-electron chi connectivity index (χ4n) is 2.73. The van der Waals surface area contributed by atoms with Crippen LogP contribution in [0.1, 0.15) is 29.3 Å². The zero-order chi connectivity index (χ0) is 17.8. The van der Waals surface area contributed by atoms with Gasteiger partial charge in [0.1, 0.15) is 0 Å². The van der Waals surface area contributed by atoms with E-state index >= 15 is 0 Å². The van der Waals surface area contributed by atoms with Gasteiger partial charge in [-0.15, -0.1) is 0 Å². The van der Waals surface area contributed by atoms with Crippen LogP contribution in [0.25, 0.3) is 0 Å². The first-order valence-electron chi connectivity index (χ1n) is 8.56. The molecule has 2 aromatic rings. The summed E-state index contributed by atoms with van der Waals surface area (Å²) in [6, 6.07) is 14.6. The number of amides is 2. The van der Waals surface area contributed by atoms with Crippen LogP contribution in [0.3, 0.4) is 0 Å². The summed E-state index contributed by atoms with van der Waals surface area (Å²) in [4.78, 5) is 24.1. The van der Waals surface area contributed by atoms with Gasteiger partial charge >= 0.3 is 0 Å². The Balaban J connectivity index is 1.47. The number of benzene rings is 2. The van der Waals surface area contributed by atoms with E-state index in [9.17, 15) is 9.59 Å². The van der Waals surface area contributed by atoms with Crippen molar-refractivity contribution < 1.29 is 9.59 Å². The van der Waals surface area contributed by atoms with E-state index in [4.69, 9.17) is 5.73 Å². The zero-order valence-electron chi connectivity index (χ0n) is 14.3. The Morgan fingerprint density at radius 3 is 2.32 bits per heavy atom. The predicted octanol–water partition coefficient (Wildman–Crippen LogP) is 2.84. The smallest absolute Gasteiger partial charge is 0.251 e. The third kappa shape index (κ3) is 4.59. The molecule has 0 bridgehead atoms. The van der Waals surface area contributed by atoms with Gasteiger partial charge in [-0.05, 0) is 60.7 Å². The minimum absolute atomic E-state index is 0.0631. The Labute approximate surface area is 147 Å². The van der Waals surface area contributed by atoms with Crippen molar-refractivity contribution in [2.75, 3.05) is 17.6 Å². The monoisotopic (exact) mass is 337 g/mol. The minimum atomic E-state index is -0.121. The maximum Gasteiger partial charge on any atom is 0.251 e. The van der Waals surface area contributed by atoms with Crippen LogP contribution in [0.15, 0.2) is 48.5 Å². The molecule has 2 aromatic carbocycles. The normalized spacial score (nSPS) is 18.4. The molecule has 1 aliphatic rings. The van der Waals surface area contributed by atoms with Gasteiger partial charge in [0.05, 0.1) is 0 Å². The highest BCUT2D eigenvalue weighted by atomic mass is 16.2. The maximum absolute atomic E-state index is 12.2. The Hall–Kier alpha value is -2.82. The van der Waals surface area contributed by atoms with Gasteiger partial charge < -0.3 is 16.4 Å². The first-order valence-corrected chi connectivity index (χ1v) is 8.56. The van der Waals surface area contributed by atoms with Crippen molar-refractivity contribution in [2.45, 2.75) is 19.8 Å². The molecule has 0 radical (unpaired) electrons. The second-order valence-corrected chi connectivity index (χ2v) is 6.63. The molecule has 1 fully saturated rings. The predicted molar refractivity (Wildman–Crippen MR) is 99.2 cm³/mol. The van der Waals surface area contributed by atoms with Crippen molar-refractivity contribution >= 4 is 23.2 Å². The minimum Gasteiger partial charge on any atom is -0.399 e. The largest absolute Gasteiger partial charge is 0.399 e. The van der Waals surface area contributed by atoms with Crippen LogP contribution in [-0.2, 0) is 11.2 Å². The molecule has 0 aliphatic heterocycles. The number of carbonyl (C=O) groups is 2. The molecule has 130 valence electrons. The molecule has 5 nitrogen and oxygen atoms in total. The highest BCUT2D eigenvalue weighted by Crippen LogP contribution is 2.38. The van der Waals surface area contributed by atoms with E-state index in [2.05, 4.69) is 17.6 Å². The van der Waals surface area contributed by atoms with Crippen molar-refractivity contribution in [3.8, 4) is 0 Å². The summed E-state index contributed by atoms with van der Waals surface area (Å²) in [6.45, 7) is 2.63. The topological polar surface area (TPSA) is 84.2 Å². The average Bonchev–Trinajstić information content (AvgIpc) is 3.34. The third-order valence-corrected chi connectivity index (χ3v) is 4.54. The lowest BCUT2D eigenvalue weighted by Crippen LogP contribution is -2.25. The van der Waals surface area contributed by atoms with E-state index in [-0.39, 0.29) is 17.7 Å². The molecule has 0 heterocycles. The zero-order valence-corrected chi connectivity index (χ0v) is 14.3. The van der Waals surface area contributed by atoms with Gasteiger partial charge in [0.25, 0.3) is 5.91 Å². The summed E-state index contributed by atoms with van der Waals surface area (Å²) in [5, 5.41) is 5.79. The van der Waals surface area contributed by atoms with E-state index in [1.54, 1.807) is 24.3 Å². The van der Waals surface area contributed by atoms with E-state index in [0.717, 1.165) is 29.8 Å². The third-order valence-electron chi connectivity index (χ3n) is 4.54. The fourth-order valence-corrected chi connectivity index (χ4v) is 2.73. The number of rotatable bonds is 6. The van der Waals surface area contributed by atoms with Crippen molar-refractivity contribution in [1.82, 2.24) is 5.32 Å². The molecule has 0 spiro atoms. The Morgan fingerprint density at radius 2 is 1.72 bits per heavy atom. The van der Waals surface area contributed by atoms with Crippen LogP contribution in [0.5, 0.6) is 0 Å². The number of anilines is 2. The van der Waals surface area contributed by atoms with E-state index in [0.29, 0.717) is 18.0 Å². The molecule has 0 aromatic heterocycles. The molecule has 2 amide bonds. The molecule has 25 heavy (non-hydrogen) atoms. The summed E-state index contributed by atoms with van der Waals surface area (Å²) in [5.41, 5.74) is 8.82. The first-order chi connectivity index (χ1) is 12.0. The lowest BCUT2D eigenvalue weighted by atomic mass is 10.1. The highest BCUT2D eigenvalue weighted by molar-refractivity contribution is 5.96. The van der Waals surface area contributed by atoms with Crippen molar-refractivity contribution in [2.24, 2.45) is 11.8 Å². The van der Waals surface area contributed by atoms with Crippen LogP contribution < -0.4 is 16.4 Å². The molecule has 4 N–H and O–H groups in total. The number of nitrogen functional groups attached to an aromatic ring is 1. The molecule has 3 rings (SSSR count). The number of hydrogen-bond acceptors (Lipinski definition) is 3. The van der Waals surface area contributed by atoms with Crippen molar-refractivity contribution in [3.63, 3.8) is 0 Å². The van der Waals surface area contributed by atoms with Gasteiger partial charge in [0.15, 0.2) is 0 Å². The summed E-state index contributed by atoms with van der Waals surface area (Å²) < 4.78 is 0. The van der Waals surface area contributed by atoms with Gasteiger partial charge in [-0.1, -0.05) is 19.1 Å². The summed E-state index contributed by atoms with van der Waals surface area (Å²) in [5.74, 6) is 0.555. The number of nitrogens with one attached hydrogen (secondary N) is 2. The molecule has 0 saturated heterocycles. The van der Waals surface area contributed by atoms with Gasteiger partial charge in [0, 0.05) is 29.4 Å². The van der Waals surface area contributed by atoms with Crippen LogP contribution >= 0.6 is 0 Å². The van der Waals surface area contributed by atoms with Crippen LogP contribution in [-0.4, -0.2) is 18.4 Å². The second kappa shape index (κ2) is 7.38. The molecular formula is C20H23N3O2. The standard InChI is InChI=1S/C20H23N3O2/c1-13-12-18(13)20(25)23-17-8-4-15(5-9-17)19(24)22-11-10-14-2-6-16(21)7-3-14/h2-9,13,18H,10-12,21H2,1H3,(H,22,24)(H,23,25). The molecule has 5 heteroatoms. The average molecular weight is 337 g/mol. The summed E-state index contributed by atoms with van der Waals surface area (Å²) in [6.07, 6.45) is 1.71. The summed E-state index contributed by atoms with van der Waals surface area (Å²) in [7, 11) is 0. The lowest BCUT2D eigenvalue weighted by Gasteiger charge is -2.08. The Bertz CT molecular complexity index is 754. The molecule has 1 saturated carbocycles. The Morgan fingerprint density at radius 1 is 1.08 bits per heavy atom. The van der Waals surface area contributed by atoms with Crippen LogP contribution in [0.4, 0.5) is 11.4 Å². The van der Waals surface area contributed by atoms with E-state index < -0.39 is 0 Å². The SMILES string of the molecule is CC1CC1C(=O)Nc1ccc(C(=O)NCCc2ccc(N)cc2)cc1. The lowest BCUT2D eigenvalue weighted by molar-refractivity contribution is -0.117. The number of hydrogen-bond donors (Lipinski definition) is 3. The molecule has 2 atom stereocenters. The quantitative estimate of drug-likeness (QED) is 0.709. The van der Waals surface area contributed by atoms with Gasteiger partial charge in [-0.2, -0.15) is 0 Å². The van der Waals surface area contributed by atoms with E-state index in [1.807, 2.05) is 24.3 Å². The fraction of sp³-hybridized carbons (Fsp3) is 0.300. The van der Waals surface area contributed by atoms with Gasteiger partial charge in [0.2, 0.25) is 5.91 Å². The Kier molecular flexibility index (Phi) is 5.03. The van der Waals surface area contributed by atoms with Gasteiger partial charge in [-0.25, -0.2) is 0 Å². The molecule has 1 aliphatic carbocycles. The first kappa shape index (κ1) is 17.0.